The Hall–Kier alpha value is -0.860. The van der Waals surface area contributed by atoms with Gasteiger partial charge in [-0.25, -0.2) is 0 Å². The predicted octanol–water partition coefficient (Wildman–Crippen LogP) is 2.18. The molecule has 2 nitrogen and oxygen atoms in total. The normalized spacial score (nSPS) is 26.8. The lowest BCUT2D eigenvalue weighted by Gasteiger charge is -2.06. The number of rotatable bonds is 4. The van der Waals surface area contributed by atoms with E-state index in [1.54, 1.807) is 0 Å². The Morgan fingerprint density at radius 1 is 1.31 bits per heavy atom. The fraction of sp³-hybridized carbons (Fsp3) is 0.571. The third kappa shape index (κ3) is 2.00. The smallest absolute Gasteiger partial charge is 0.0212 e. The first-order valence-corrected chi connectivity index (χ1v) is 6.41. The summed E-state index contributed by atoms with van der Waals surface area (Å²) in [7, 11) is 0. The predicted molar refractivity (Wildman–Crippen MR) is 66.0 cm³/mol. The molecule has 2 unspecified atom stereocenters. The standard InChI is InChI=1S/C14H20N2/c1-2-11-6-14(11)16-7-10-3-4-12-8-15-9-13(12)5-10/h3-5,11,14-16H,2,6-9H2,1H3. The van der Waals surface area contributed by atoms with Crippen molar-refractivity contribution in [3.8, 4) is 0 Å². The molecule has 1 aromatic rings. The van der Waals surface area contributed by atoms with Gasteiger partial charge in [0, 0.05) is 25.7 Å². The maximum atomic E-state index is 3.64. The van der Waals surface area contributed by atoms with Crippen LogP contribution in [0.3, 0.4) is 0 Å². The van der Waals surface area contributed by atoms with Crippen molar-refractivity contribution in [1.29, 1.82) is 0 Å². The van der Waals surface area contributed by atoms with Gasteiger partial charge >= 0.3 is 0 Å². The Morgan fingerprint density at radius 3 is 3.00 bits per heavy atom. The van der Waals surface area contributed by atoms with E-state index in [2.05, 4.69) is 35.8 Å². The highest BCUT2D eigenvalue weighted by Crippen LogP contribution is 2.33. The van der Waals surface area contributed by atoms with Crippen LogP contribution in [0.5, 0.6) is 0 Å². The molecule has 1 fully saturated rings. The van der Waals surface area contributed by atoms with Gasteiger partial charge in [-0.3, -0.25) is 0 Å². The lowest BCUT2D eigenvalue weighted by Crippen LogP contribution is -2.17. The molecule has 86 valence electrons. The van der Waals surface area contributed by atoms with Crippen LogP contribution in [0.25, 0.3) is 0 Å². The SMILES string of the molecule is CCC1CC1NCc1ccc2c(c1)CNC2. The van der Waals surface area contributed by atoms with E-state index in [4.69, 9.17) is 0 Å². The molecule has 2 heteroatoms. The van der Waals surface area contributed by atoms with Crippen LogP contribution in [-0.2, 0) is 19.6 Å². The number of benzene rings is 1. The Labute approximate surface area is 97.4 Å². The molecule has 0 radical (unpaired) electrons. The van der Waals surface area contributed by atoms with E-state index in [-0.39, 0.29) is 0 Å². The monoisotopic (exact) mass is 216 g/mol. The van der Waals surface area contributed by atoms with Crippen LogP contribution >= 0.6 is 0 Å². The highest BCUT2D eigenvalue weighted by molar-refractivity contribution is 5.34. The molecule has 0 spiro atoms. The van der Waals surface area contributed by atoms with Crippen LogP contribution in [0.2, 0.25) is 0 Å². The Bertz CT molecular complexity index is 386. The average Bonchev–Trinajstić information content (AvgIpc) is 2.93. The number of fused-ring (bicyclic) bond motifs is 1. The minimum absolute atomic E-state index is 0.788. The zero-order valence-electron chi connectivity index (χ0n) is 9.92. The van der Waals surface area contributed by atoms with E-state index in [0.29, 0.717) is 0 Å². The molecule has 0 amide bonds. The number of hydrogen-bond acceptors (Lipinski definition) is 2. The van der Waals surface area contributed by atoms with Crippen LogP contribution in [0.1, 0.15) is 36.5 Å². The third-order valence-electron chi connectivity index (χ3n) is 3.92. The van der Waals surface area contributed by atoms with Gasteiger partial charge in [0.05, 0.1) is 0 Å². The van der Waals surface area contributed by atoms with Gasteiger partial charge in [-0.2, -0.15) is 0 Å². The maximum Gasteiger partial charge on any atom is 0.0212 e. The van der Waals surface area contributed by atoms with Crippen LogP contribution < -0.4 is 10.6 Å². The van der Waals surface area contributed by atoms with Crippen molar-refractivity contribution in [2.24, 2.45) is 5.92 Å². The summed E-state index contributed by atoms with van der Waals surface area (Å²) in [6.45, 7) is 5.41. The Morgan fingerprint density at radius 2 is 2.19 bits per heavy atom. The fourth-order valence-corrected chi connectivity index (χ4v) is 2.66. The van der Waals surface area contributed by atoms with Crippen molar-refractivity contribution in [3.05, 3.63) is 34.9 Å². The molecule has 1 saturated carbocycles. The van der Waals surface area contributed by atoms with E-state index < -0.39 is 0 Å². The number of nitrogens with one attached hydrogen (secondary N) is 2. The first kappa shape index (κ1) is 10.3. The average molecular weight is 216 g/mol. The van der Waals surface area contributed by atoms with E-state index in [1.807, 2.05) is 0 Å². The van der Waals surface area contributed by atoms with Crippen molar-refractivity contribution in [2.75, 3.05) is 0 Å². The van der Waals surface area contributed by atoms with Crippen LogP contribution in [-0.4, -0.2) is 6.04 Å². The molecule has 1 aromatic carbocycles. The molecule has 0 aromatic heterocycles. The summed E-state index contributed by atoms with van der Waals surface area (Å²) in [6, 6.07) is 7.68. The van der Waals surface area contributed by atoms with Gasteiger partial charge in [-0.05, 0) is 29.0 Å². The highest BCUT2D eigenvalue weighted by Gasteiger charge is 2.34. The molecule has 2 atom stereocenters. The summed E-state index contributed by atoms with van der Waals surface area (Å²) in [6.07, 6.45) is 2.70. The van der Waals surface area contributed by atoms with Gasteiger partial charge in [-0.15, -0.1) is 0 Å². The van der Waals surface area contributed by atoms with E-state index in [9.17, 15) is 0 Å². The van der Waals surface area contributed by atoms with Gasteiger partial charge in [0.2, 0.25) is 0 Å². The highest BCUT2D eigenvalue weighted by atomic mass is 15.0. The maximum absolute atomic E-state index is 3.64. The Kier molecular flexibility index (Phi) is 2.70. The summed E-state index contributed by atoms with van der Waals surface area (Å²) >= 11 is 0. The lowest BCUT2D eigenvalue weighted by molar-refractivity contribution is 0.623. The van der Waals surface area contributed by atoms with Crippen LogP contribution in [0.15, 0.2) is 18.2 Å². The summed E-state index contributed by atoms with van der Waals surface area (Å²) in [5, 5.41) is 7.03. The van der Waals surface area contributed by atoms with Crippen LogP contribution in [0.4, 0.5) is 0 Å². The summed E-state index contributed by atoms with van der Waals surface area (Å²) in [5.41, 5.74) is 4.40. The summed E-state index contributed by atoms with van der Waals surface area (Å²) in [4.78, 5) is 0. The lowest BCUT2D eigenvalue weighted by atomic mass is 10.1. The second kappa shape index (κ2) is 4.19. The second-order valence-electron chi connectivity index (χ2n) is 5.10. The molecule has 16 heavy (non-hydrogen) atoms. The molecule has 2 N–H and O–H groups in total. The van der Waals surface area contributed by atoms with E-state index >= 15 is 0 Å². The molecule has 1 aliphatic carbocycles. The minimum atomic E-state index is 0.788. The minimum Gasteiger partial charge on any atom is -0.310 e. The van der Waals surface area contributed by atoms with Crippen molar-refractivity contribution in [2.45, 2.75) is 45.4 Å². The van der Waals surface area contributed by atoms with Crippen LogP contribution in [0, 0.1) is 5.92 Å². The molecular formula is C14H20N2. The van der Waals surface area contributed by atoms with E-state index in [1.165, 1.54) is 29.5 Å². The van der Waals surface area contributed by atoms with Crippen molar-refractivity contribution in [3.63, 3.8) is 0 Å². The molecule has 0 saturated heterocycles. The zero-order chi connectivity index (χ0) is 11.0. The first-order chi connectivity index (χ1) is 7.86. The van der Waals surface area contributed by atoms with Gasteiger partial charge in [0.25, 0.3) is 0 Å². The molecule has 3 rings (SSSR count). The van der Waals surface area contributed by atoms with Crippen molar-refractivity contribution >= 4 is 0 Å². The zero-order valence-corrected chi connectivity index (χ0v) is 9.92. The second-order valence-corrected chi connectivity index (χ2v) is 5.10. The molecular weight excluding hydrogens is 196 g/mol. The fourth-order valence-electron chi connectivity index (χ4n) is 2.66. The summed E-state index contributed by atoms with van der Waals surface area (Å²) in [5.74, 6) is 0.941. The summed E-state index contributed by atoms with van der Waals surface area (Å²) < 4.78 is 0. The molecule has 1 heterocycles. The van der Waals surface area contributed by atoms with Crippen molar-refractivity contribution < 1.29 is 0 Å². The number of hydrogen-bond donors (Lipinski definition) is 2. The largest absolute Gasteiger partial charge is 0.310 e. The van der Waals surface area contributed by atoms with Gasteiger partial charge in [-0.1, -0.05) is 31.5 Å². The Balaban J connectivity index is 1.59. The first-order valence-electron chi connectivity index (χ1n) is 6.41. The third-order valence-corrected chi connectivity index (χ3v) is 3.92. The quantitative estimate of drug-likeness (QED) is 0.806. The van der Waals surface area contributed by atoms with E-state index in [0.717, 1.165) is 31.6 Å². The molecule has 2 aliphatic rings. The van der Waals surface area contributed by atoms with Crippen molar-refractivity contribution in [1.82, 2.24) is 10.6 Å². The molecule has 1 aliphatic heterocycles. The van der Waals surface area contributed by atoms with Gasteiger partial charge < -0.3 is 10.6 Å². The topological polar surface area (TPSA) is 24.1 Å². The molecule has 0 bridgehead atoms. The van der Waals surface area contributed by atoms with Gasteiger partial charge in [0.1, 0.15) is 0 Å². The van der Waals surface area contributed by atoms with Gasteiger partial charge in [0.15, 0.2) is 0 Å².